The fourth-order valence-corrected chi connectivity index (χ4v) is 4.35. The highest BCUT2D eigenvalue weighted by atomic mass is 16.2. The van der Waals surface area contributed by atoms with Crippen molar-refractivity contribution in [1.29, 1.82) is 0 Å². The fourth-order valence-electron chi connectivity index (χ4n) is 4.35. The van der Waals surface area contributed by atoms with Crippen LogP contribution in [0.4, 0.5) is 10.5 Å². The second-order valence-electron chi connectivity index (χ2n) is 7.62. The molecule has 2 fully saturated rings. The monoisotopic (exact) mass is 363 g/mol. The molecule has 0 unspecified atom stereocenters. The van der Waals surface area contributed by atoms with Crippen LogP contribution in [0.2, 0.25) is 0 Å². The lowest BCUT2D eigenvalue weighted by Gasteiger charge is -2.37. The molecule has 27 heavy (non-hydrogen) atoms. The van der Waals surface area contributed by atoms with Crippen molar-refractivity contribution >= 4 is 17.6 Å². The molecule has 1 spiro atoms. The summed E-state index contributed by atoms with van der Waals surface area (Å²) in [5.41, 5.74) is 2.47. The number of nitrogens with zero attached hydrogens (tertiary/aromatic N) is 2. The van der Waals surface area contributed by atoms with E-state index in [-0.39, 0.29) is 17.4 Å². The minimum atomic E-state index is -0.386. The molecule has 2 heterocycles. The summed E-state index contributed by atoms with van der Waals surface area (Å²) in [6.07, 6.45) is 2.64. The van der Waals surface area contributed by atoms with Crippen molar-refractivity contribution in [2.24, 2.45) is 5.41 Å². The number of piperidine rings is 1. The SMILES string of the molecule is CN1CCC[C@]2(CCN(C(=O)Nc3ccccc3-c3ccccc3)C2)C1=O. The summed E-state index contributed by atoms with van der Waals surface area (Å²) in [4.78, 5) is 29.2. The van der Waals surface area contributed by atoms with Gasteiger partial charge in [0, 0.05) is 32.2 Å². The number of anilines is 1. The first kappa shape index (κ1) is 17.6. The van der Waals surface area contributed by atoms with Gasteiger partial charge in [0.2, 0.25) is 5.91 Å². The molecular formula is C22H25N3O2. The van der Waals surface area contributed by atoms with Gasteiger partial charge in [0.05, 0.1) is 11.1 Å². The van der Waals surface area contributed by atoms with Gasteiger partial charge in [-0.3, -0.25) is 4.79 Å². The molecule has 5 heteroatoms. The number of hydrogen-bond acceptors (Lipinski definition) is 2. The Kier molecular flexibility index (Phi) is 4.60. The van der Waals surface area contributed by atoms with Gasteiger partial charge in [-0.2, -0.15) is 0 Å². The zero-order valence-electron chi connectivity index (χ0n) is 15.6. The van der Waals surface area contributed by atoms with Crippen molar-refractivity contribution in [2.75, 3.05) is 32.0 Å². The third kappa shape index (κ3) is 3.29. The number of rotatable bonds is 2. The van der Waals surface area contributed by atoms with Gasteiger partial charge < -0.3 is 15.1 Å². The standard InChI is InChI=1S/C22H25N3O2/c1-24-14-7-12-22(20(24)26)13-15-25(16-22)21(27)23-19-11-6-5-10-18(19)17-8-3-2-4-9-17/h2-6,8-11H,7,12-16H2,1H3,(H,23,27)/t22-/m1/s1. The van der Waals surface area contributed by atoms with Crippen molar-refractivity contribution in [1.82, 2.24) is 9.80 Å². The van der Waals surface area contributed by atoms with Gasteiger partial charge >= 0.3 is 6.03 Å². The maximum atomic E-state index is 12.9. The minimum Gasteiger partial charge on any atom is -0.345 e. The minimum absolute atomic E-state index is 0.128. The molecule has 2 aliphatic rings. The summed E-state index contributed by atoms with van der Waals surface area (Å²) in [5.74, 6) is 0.189. The van der Waals surface area contributed by atoms with Crippen LogP contribution in [0.25, 0.3) is 11.1 Å². The molecule has 2 saturated heterocycles. The Labute approximate surface area is 160 Å². The van der Waals surface area contributed by atoms with Crippen LogP contribution < -0.4 is 5.32 Å². The van der Waals surface area contributed by atoms with Crippen LogP contribution in [0, 0.1) is 5.41 Å². The van der Waals surface area contributed by atoms with Gasteiger partial charge in [-0.25, -0.2) is 4.79 Å². The van der Waals surface area contributed by atoms with E-state index < -0.39 is 0 Å². The van der Waals surface area contributed by atoms with Gasteiger partial charge in [-0.15, -0.1) is 0 Å². The zero-order valence-corrected chi connectivity index (χ0v) is 15.6. The van der Waals surface area contributed by atoms with Crippen molar-refractivity contribution in [3.05, 3.63) is 54.6 Å². The lowest BCUT2D eigenvalue weighted by Crippen LogP contribution is -2.49. The van der Waals surface area contributed by atoms with Crippen molar-refractivity contribution in [3.8, 4) is 11.1 Å². The Morgan fingerprint density at radius 2 is 1.74 bits per heavy atom. The summed E-state index contributed by atoms with van der Waals surface area (Å²) >= 11 is 0. The molecule has 5 nitrogen and oxygen atoms in total. The van der Waals surface area contributed by atoms with Crippen molar-refractivity contribution in [2.45, 2.75) is 19.3 Å². The topological polar surface area (TPSA) is 52.6 Å². The number of para-hydroxylation sites is 1. The first-order chi connectivity index (χ1) is 13.1. The second kappa shape index (κ2) is 7.06. The Bertz CT molecular complexity index is 852. The van der Waals surface area contributed by atoms with E-state index in [2.05, 4.69) is 5.32 Å². The van der Waals surface area contributed by atoms with Crippen LogP contribution >= 0.6 is 0 Å². The number of hydrogen-bond donors (Lipinski definition) is 1. The van der Waals surface area contributed by atoms with Crippen molar-refractivity contribution < 1.29 is 9.59 Å². The first-order valence-electron chi connectivity index (χ1n) is 9.55. The van der Waals surface area contributed by atoms with E-state index >= 15 is 0 Å². The van der Waals surface area contributed by atoms with Crippen LogP contribution in [0.3, 0.4) is 0 Å². The van der Waals surface area contributed by atoms with Crippen LogP contribution in [0.1, 0.15) is 19.3 Å². The summed E-state index contributed by atoms with van der Waals surface area (Å²) in [6.45, 7) is 1.95. The number of urea groups is 1. The predicted molar refractivity (Wildman–Crippen MR) is 106 cm³/mol. The highest BCUT2D eigenvalue weighted by Gasteiger charge is 2.48. The zero-order chi connectivity index (χ0) is 18.9. The predicted octanol–water partition coefficient (Wildman–Crippen LogP) is 3.83. The number of benzene rings is 2. The maximum absolute atomic E-state index is 12.9. The van der Waals surface area contributed by atoms with Crippen LogP contribution in [-0.2, 0) is 4.79 Å². The van der Waals surface area contributed by atoms with E-state index in [1.54, 1.807) is 4.90 Å². The largest absolute Gasteiger partial charge is 0.345 e. The van der Waals surface area contributed by atoms with Gasteiger partial charge in [-0.1, -0.05) is 48.5 Å². The molecule has 1 atom stereocenters. The fraction of sp³-hybridized carbons (Fsp3) is 0.364. The number of likely N-dealkylation sites (tertiary alicyclic amines) is 2. The van der Waals surface area contributed by atoms with Crippen LogP contribution in [0.5, 0.6) is 0 Å². The van der Waals surface area contributed by atoms with Crippen LogP contribution in [-0.4, -0.2) is 48.4 Å². The lowest BCUT2D eigenvalue weighted by atomic mass is 9.78. The average molecular weight is 363 g/mol. The summed E-state index contributed by atoms with van der Waals surface area (Å²) in [5, 5.41) is 3.06. The Morgan fingerprint density at radius 1 is 1.00 bits per heavy atom. The molecular weight excluding hydrogens is 338 g/mol. The summed E-state index contributed by atoms with van der Waals surface area (Å²) < 4.78 is 0. The highest BCUT2D eigenvalue weighted by Crippen LogP contribution is 2.40. The Morgan fingerprint density at radius 3 is 2.56 bits per heavy atom. The summed E-state index contributed by atoms with van der Waals surface area (Å²) in [6, 6.07) is 17.7. The molecule has 140 valence electrons. The van der Waals surface area contributed by atoms with Gasteiger partial charge in [0.1, 0.15) is 0 Å². The average Bonchev–Trinajstić information content (AvgIpc) is 3.12. The lowest BCUT2D eigenvalue weighted by molar-refractivity contribution is -0.143. The molecule has 0 radical (unpaired) electrons. The molecule has 2 aromatic rings. The molecule has 0 saturated carbocycles. The van der Waals surface area contributed by atoms with E-state index in [9.17, 15) is 9.59 Å². The van der Waals surface area contributed by atoms with E-state index in [1.165, 1.54) is 0 Å². The normalized spacial score (nSPS) is 22.3. The molecule has 0 bridgehead atoms. The quantitative estimate of drug-likeness (QED) is 0.882. The maximum Gasteiger partial charge on any atom is 0.321 e. The van der Waals surface area contributed by atoms with Gasteiger partial charge in [-0.05, 0) is 30.9 Å². The Balaban J connectivity index is 1.51. The first-order valence-corrected chi connectivity index (χ1v) is 9.55. The van der Waals surface area contributed by atoms with E-state index in [0.29, 0.717) is 13.1 Å². The second-order valence-corrected chi connectivity index (χ2v) is 7.62. The van der Waals surface area contributed by atoms with Crippen LogP contribution in [0.15, 0.2) is 54.6 Å². The van der Waals surface area contributed by atoms with Crippen molar-refractivity contribution in [3.63, 3.8) is 0 Å². The van der Waals surface area contributed by atoms with E-state index in [0.717, 1.165) is 42.6 Å². The third-order valence-electron chi connectivity index (χ3n) is 5.84. The molecule has 2 aromatic carbocycles. The molecule has 1 N–H and O–H groups in total. The molecule has 2 aliphatic heterocycles. The smallest absolute Gasteiger partial charge is 0.321 e. The van der Waals surface area contributed by atoms with Gasteiger partial charge in [0.25, 0.3) is 0 Å². The molecule has 0 aliphatic carbocycles. The number of nitrogens with one attached hydrogen (secondary N) is 1. The molecule has 0 aromatic heterocycles. The molecule has 4 rings (SSSR count). The highest BCUT2D eigenvalue weighted by molar-refractivity contribution is 5.95. The number of amides is 3. The van der Waals surface area contributed by atoms with E-state index in [1.807, 2.05) is 66.5 Å². The Hall–Kier alpha value is -2.82. The summed E-state index contributed by atoms with van der Waals surface area (Å²) in [7, 11) is 1.86. The molecule has 3 amide bonds. The third-order valence-corrected chi connectivity index (χ3v) is 5.84. The number of carbonyl (C=O) groups excluding carboxylic acids is 2. The van der Waals surface area contributed by atoms with Gasteiger partial charge in [0.15, 0.2) is 0 Å². The number of carbonyl (C=O) groups is 2. The van der Waals surface area contributed by atoms with E-state index in [4.69, 9.17) is 0 Å².